The second-order valence-corrected chi connectivity index (χ2v) is 7.39. The zero-order valence-electron chi connectivity index (χ0n) is 15.4. The van der Waals surface area contributed by atoms with E-state index in [1.807, 2.05) is 42.5 Å². The predicted octanol–water partition coefficient (Wildman–Crippen LogP) is 5.10. The first kappa shape index (κ1) is 19.1. The zero-order valence-corrected chi connectivity index (χ0v) is 16.2. The van der Waals surface area contributed by atoms with Gasteiger partial charge in [-0.25, -0.2) is 0 Å². The Morgan fingerprint density at radius 3 is 2.52 bits per heavy atom. The van der Waals surface area contributed by atoms with Crippen molar-refractivity contribution in [3.8, 4) is 5.75 Å². The van der Waals surface area contributed by atoms with Crippen molar-refractivity contribution in [2.75, 3.05) is 12.3 Å². The molecule has 0 saturated heterocycles. The molecular weight excluding hydrogens is 354 g/mol. The first-order valence-corrected chi connectivity index (χ1v) is 9.94. The molecule has 3 rings (SSSR count). The van der Waals surface area contributed by atoms with Crippen LogP contribution in [-0.4, -0.2) is 18.2 Å². The molecule has 0 atom stereocenters. The average Bonchev–Trinajstić information content (AvgIpc) is 2.72. The van der Waals surface area contributed by atoms with E-state index in [4.69, 9.17) is 4.74 Å². The fourth-order valence-electron chi connectivity index (χ4n) is 2.54. The van der Waals surface area contributed by atoms with E-state index < -0.39 is 0 Å². The van der Waals surface area contributed by atoms with Gasteiger partial charge in [-0.05, 0) is 42.8 Å². The highest BCUT2D eigenvalue weighted by Gasteiger charge is 2.06. The molecule has 0 bridgehead atoms. The summed E-state index contributed by atoms with van der Waals surface area (Å²) in [6.45, 7) is 3.18. The molecule has 3 aromatic carbocycles. The van der Waals surface area contributed by atoms with Crippen molar-refractivity contribution in [1.29, 1.82) is 0 Å². The molecule has 1 N–H and O–H groups in total. The number of hydrogen-bond donors (Lipinski definition) is 1. The maximum absolute atomic E-state index is 12.4. The van der Waals surface area contributed by atoms with Crippen LogP contribution in [0, 0.1) is 6.92 Å². The van der Waals surface area contributed by atoms with E-state index in [2.05, 4.69) is 36.5 Å². The maximum atomic E-state index is 12.4. The normalized spacial score (nSPS) is 10.4. The smallest absolute Gasteiger partial charge is 0.251 e. The van der Waals surface area contributed by atoms with Gasteiger partial charge < -0.3 is 10.1 Å². The van der Waals surface area contributed by atoms with Crippen LogP contribution in [0.15, 0.2) is 83.8 Å². The molecule has 0 spiro atoms. The monoisotopic (exact) mass is 377 g/mol. The highest BCUT2D eigenvalue weighted by molar-refractivity contribution is 7.99. The van der Waals surface area contributed by atoms with Gasteiger partial charge in [0.15, 0.2) is 0 Å². The van der Waals surface area contributed by atoms with Gasteiger partial charge in [-0.15, -0.1) is 11.8 Å². The van der Waals surface area contributed by atoms with Crippen molar-refractivity contribution in [3.63, 3.8) is 0 Å². The second kappa shape index (κ2) is 9.83. The summed E-state index contributed by atoms with van der Waals surface area (Å²) in [7, 11) is 0. The molecule has 0 aliphatic rings. The van der Waals surface area contributed by atoms with Gasteiger partial charge in [0.1, 0.15) is 12.4 Å². The maximum Gasteiger partial charge on any atom is 0.251 e. The molecule has 3 nitrogen and oxygen atoms in total. The van der Waals surface area contributed by atoms with Crippen molar-refractivity contribution in [3.05, 3.63) is 95.6 Å². The molecular formula is C23H23NO2S. The van der Waals surface area contributed by atoms with Gasteiger partial charge in [-0.1, -0.05) is 54.1 Å². The number of ether oxygens (including phenoxy) is 1. The Balaban J connectivity index is 1.46. The minimum absolute atomic E-state index is 0.0790. The molecule has 0 saturated carbocycles. The van der Waals surface area contributed by atoms with Gasteiger partial charge in [0.25, 0.3) is 5.91 Å². The molecule has 3 aromatic rings. The van der Waals surface area contributed by atoms with Crippen LogP contribution in [0.2, 0.25) is 0 Å². The number of rotatable bonds is 8. The molecule has 0 radical (unpaired) electrons. The summed E-state index contributed by atoms with van der Waals surface area (Å²) in [5, 5.41) is 2.97. The molecule has 0 aliphatic heterocycles. The summed E-state index contributed by atoms with van der Waals surface area (Å²) in [6.07, 6.45) is 0. The SMILES string of the molecule is Cc1ccc(SCCNC(=O)c2cccc(OCc3ccccc3)c2)cc1. The largest absolute Gasteiger partial charge is 0.489 e. The third kappa shape index (κ3) is 6.19. The van der Waals surface area contributed by atoms with Crippen LogP contribution in [-0.2, 0) is 6.61 Å². The third-order valence-corrected chi connectivity index (χ3v) is 5.04. The Hall–Kier alpha value is -2.72. The molecule has 0 aromatic heterocycles. The highest BCUT2D eigenvalue weighted by Crippen LogP contribution is 2.18. The standard InChI is InChI=1S/C23H23NO2S/c1-18-10-12-22(13-11-18)27-15-14-24-23(25)20-8-5-9-21(16-20)26-17-19-6-3-2-4-7-19/h2-13,16H,14-15,17H2,1H3,(H,24,25). The fraction of sp³-hybridized carbons (Fsp3) is 0.174. The lowest BCUT2D eigenvalue weighted by Gasteiger charge is -2.09. The fourth-order valence-corrected chi connectivity index (χ4v) is 3.31. The first-order chi connectivity index (χ1) is 13.2. The average molecular weight is 378 g/mol. The number of carbonyl (C=O) groups is 1. The number of carbonyl (C=O) groups excluding carboxylic acids is 1. The quantitative estimate of drug-likeness (QED) is 0.439. The summed E-state index contributed by atoms with van der Waals surface area (Å²) >= 11 is 1.74. The first-order valence-electron chi connectivity index (χ1n) is 8.95. The van der Waals surface area contributed by atoms with Crippen molar-refractivity contribution in [2.24, 2.45) is 0 Å². The van der Waals surface area contributed by atoms with Crippen LogP contribution in [0.4, 0.5) is 0 Å². The van der Waals surface area contributed by atoms with E-state index in [0.717, 1.165) is 11.3 Å². The third-order valence-electron chi connectivity index (χ3n) is 4.02. The van der Waals surface area contributed by atoms with Gasteiger partial charge in [0.05, 0.1) is 0 Å². The van der Waals surface area contributed by atoms with Crippen LogP contribution < -0.4 is 10.1 Å². The zero-order chi connectivity index (χ0) is 18.9. The van der Waals surface area contributed by atoms with Gasteiger partial charge >= 0.3 is 0 Å². The lowest BCUT2D eigenvalue weighted by atomic mass is 10.2. The molecule has 27 heavy (non-hydrogen) atoms. The van der Waals surface area contributed by atoms with Crippen LogP contribution in [0.5, 0.6) is 5.75 Å². The number of aryl methyl sites for hydroxylation is 1. The summed E-state index contributed by atoms with van der Waals surface area (Å²) in [4.78, 5) is 13.6. The minimum Gasteiger partial charge on any atom is -0.489 e. The van der Waals surface area contributed by atoms with E-state index >= 15 is 0 Å². The van der Waals surface area contributed by atoms with E-state index in [0.29, 0.717) is 24.5 Å². The molecule has 0 fully saturated rings. The number of benzene rings is 3. The minimum atomic E-state index is -0.0790. The number of nitrogens with one attached hydrogen (secondary N) is 1. The van der Waals surface area contributed by atoms with Crippen LogP contribution >= 0.6 is 11.8 Å². The van der Waals surface area contributed by atoms with Gasteiger partial charge in [0.2, 0.25) is 0 Å². The lowest BCUT2D eigenvalue weighted by molar-refractivity contribution is 0.0955. The molecule has 0 aliphatic carbocycles. The Labute approximate surface area is 164 Å². The summed E-state index contributed by atoms with van der Waals surface area (Å²) in [5.74, 6) is 1.45. The summed E-state index contributed by atoms with van der Waals surface area (Å²) in [5.41, 5.74) is 2.96. The number of thioether (sulfide) groups is 1. The Morgan fingerprint density at radius 2 is 1.74 bits per heavy atom. The van der Waals surface area contributed by atoms with Crippen LogP contribution in [0.25, 0.3) is 0 Å². The molecule has 1 amide bonds. The second-order valence-electron chi connectivity index (χ2n) is 6.22. The Bertz CT molecular complexity index is 863. The Morgan fingerprint density at radius 1 is 0.963 bits per heavy atom. The lowest BCUT2D eigenvalue weighted by Crippen LogP contribution is -2.25. The molecule has 0 unspecified atom stereocenters. The van der Waals surface area contributed by atoms with Gasteiger partial charge in [0, 0.05) is 22.8 Å². The summed E-state index contributed by atoms with van der Waals surface area (Å²) in [6, 6.07) is 25.7. The van der Waals surface area contributed by atoms with Crippen molar-refractivity contribution < 1.29 is 9.53 Å². The van der Waals surface area contributed by atoms with Crippen LogP contribution in [0.3, 0.4) is 0 Å². The highest BCUT2D eigenvalue weighted by atomic mass is 32.2. The van der Waals surface area contributed by atoms with Crippen molar-refractivity contribution in [1.82, 2.24) is 5.32 Å². The molecule has 4 heteroatoms. The summed E-state index contributed by atoms with van der Waals surface area (Å²) < 4.78 is 5.79. The molecule has 0 heterocycles. The van der Waals surface area contributed by atoms with Crippen LogP contribution in [0.1, 0.15) is 21.5 Å². The van der Waals surface area contributed by atoms with E-state index in [9.17, 15) is 4.79 Å². The molecule has 138 valence electrons. The Kier molecular flexibility index (Phi) is 6.94. The van der Waals surface area contributed by atoms with Gasteiger partial charge in [-0.3, -0.25) is 4.79 Å². The van der Waals surface area contributed by atoms with E-state index in [1.54, 1.807) is 23.9 Å². The number of hydrogen-bond acceptors (Lipinski definition) is 3. The van der Waals surface area contributed by atoms with Crippen molar-refractivity contribution >= 4 is 17.7 Å². The van der Waals surface area contributed by atoms with Gasteiger partial charge in [-0.2, -0.15) is 0 Å². The topological polar surface area (TPSA) is 38.3 Å². The predicted molar refractivity (Wildman–Crippen MR) is 111 cm³/mol. The number of amides is 1. The van der Waals surface area contributed by atoms with E-state index in [-0.39, 0.29) is 5.91 Å². The van der Waals surface area contributed by atoms with Crippen molar-refractivity contribution in [2.45, 2.75) is 18.4 Å². The van der Waals surface area contributed by atoms with E-state index in [1.165, 1.54) is 10.5 Å².